The monoisotopic (exact) mass is 398 g/mol. The zero-order valence-corrected chi connectivity index (χ0v) is 15.8. The molecule has 3 N–H and O–H groups in total. The minimum absolute atomic E-state index is 0.0115. The van der Waals surface area contributed by atoms with Crippen molar-refractivity contribution in [3.63, 3.8) is 0 Å². The molecule has 2 rings (SSSR count). The van der Waals surface area contributed by atoms with Gasteiger partial charge in [0, 0.05) is 28.6 Å². The molecule has 0 bridgehead atoms. The standard InChI is InChI=1S/C17H19ClN2O3S2/c18-14-3-5-15(6-4-14)24-12-10-17(21)20-11-9-13-1-7-16(8-2-13)25(19,22)23/h1-8H,9-12H2,(H,20,21)(H2,19,22,23). The van der Waals surface area contributed by atoms with Crippen molar-refractivity contribution in [1.82, 2.24) is 5.32 Å². The van der Waals surface area contributed by atoms with Crippen molar-refractivity contribution in [2.45, 2.75) is 22.6 Å². The van der Waals surface area contributed by atoms with Crippen LogP contribution in [0.4, 0.5) is 0 Å². The van der Waals surface area contributed by atoms with Crippen molar-refractivity contribution in [3.8, 4) is 0 Å². The van der Waals surface area contributed by atoms with Gasteiger partial charge in [0.25, 0.3) is 0 Å². The molecule has 0 aliphatic carbocycles. The summed E-state index contributed by atoms with van der Waals surface area (Å²) in [6, 6.07) is 13.8. The molecule has 134 valence electrons. The highest BCUT2D eigenvalue weighted by atomic mass is 35.5. The Morgan fingerprint density at radius 1 is 1.08 bits per heavy atom. The molecule has 0 fully saturated rings. The molecule has 2 aromatic carbocycles. The maximum Gasteiger partial charge on any atom is 0.238 e. The normalized spacial score (nSPS) is 11.3. The summed E-state index contributed by atoms with van der Waals surface area (Å²) < 4.78 is 22.4. The summed E-state index contributed by atoms with van der Waals surface area (Å²) in [7, 11) is -3.67. The third-order valence-corrected chi connectivity index (χ3v) is 5.59. The van der Waals surface area contributed by atoms with Crippen LogP contribution in [-0.2, 0) is 21.2 Å². The Bertz CT molecular complexity index is 807. The van der Waals surface area contributed by atoms with Gasteiger partial charge in [-0.05, 0) is 48.4 Å². The van der Waals surface area contributed by atoms with Crippen molar-refractivity contribution < 1.29 is 13.2 Å². The second kappa shape index (κ2) is 9.24. The predicted octanol–water partition coefficient (Wildman–Crippen LogP) is 2.83. The second-order valence-electron chi connectivity index (χ2n) is 5.34. The average molecular weight is 399 g/mol. The maximum absolute atomic E-state index is 11.8. The minimum Gasteiger partial charge on any atom is -0.356 e. The number of nitrogens with one attached hydrogen (secondary N) is 1. The van der Waals surface area contributed by atoms with Gasteiger partial charge in [-0.1, -0.05) is 23.7 Å². The van der Waals surface area contributed by atoms with Gasteiger partial charge in [0.05, 0.1) is 4.90 Å². The van der Waals surface area contributed by atoms with Gasteiger partial charge >= 0.3 is 0 Å². The molecule has 0 heterocycles. The van der Waals surface area contributed by atoms with Crippen LogP contribution < -0.4 is 10.5 Å². The Morgan fingerprint density at radius 2 is 1.72 bits per heavy atom. The number of halogens is 1. The summed E-state index contributed by atoms with van der Waals surface area (Å²) in [5.41, 5.74) is 0.934. The fourth-order valence-electron chi connectivity index (χ4n) is 2.07. The van der Waals surface area contributed by atoms with Gasteiger partial charge < -0.3 is 5.32 Å². The Kier molecular flexibility index (Phi) is 7.31. The van der Waals surface area contributed by atoms with Gasteiger partial charge in [0.15, 0.2) is 0 Å². The number of rotatable bonds is 8. The Morgan fingerprint density at radius 3 is 2.32 bits per heavy atom. The van der Waals surface area contributed by atoms with E-state index in [1.807, 2.05) is 24.3 Å². The molecule has 0 aliphatic heterocycles. The Balaban J connectivity index is 1.67. The number of sulfonamides is 1. The van der Waals surface area contributed by atoms with Gasteiger partial charge in [0.2, 0.25) is 15.9 Å². The van der Waals surface area contributed by atoms with E-state index in [-0.39, 0.29) is 10.8 Å². The third-order valence-electron chi connectivity index (χ3n) is 3.40. The van der Waals surface area contributed by atoms with Crippen LogP contribution in [0.15, 0.2) is 58.3 Å². The summed E-state index contributed by atoms with van der Waals surface area (Å²) in [6.45, 7) is 0.499. The van der Waals surface area contributed by atoms with Gasteiger partial charge in [-0.3, -0.25) is 4.79 Å². The first-order valence-electron chi connectivity index (χ1n) is 7.61. The smallest absolute Gasteiger partial charge is 0.238 e. The van der Waals surface area contributed by atoms with Crippen molar-refractivity contribution in [1.29, 1.82) is 0 Å². The lowest BCUT2D eigenvalue weighted by atomic mass is 10.1. The summed E-state index contributed by atoms with van der Waals surface area (Å²) in [6.07, 6.45) is 1.05. The van der Waals surface area contributed by atoms with Crippen LogP contribution in [0.25, 0.3) is 0 Å². The number of nitrogens with two attached hydrogens (primary N) is 1. The summed E-state index contributed by atoms with van der Waals surface area (Å²) >= 11 is 7.43. The lowest BCUT2D eigenvalue weighted by Gasteiger charge is -2.06. The van der Waals surface area contributed by atoms with Crippen LogP contribution in [0.2, 0.25) is 5.02 Å². The molecule has 0 spiro atoms. The zero-order valence-electron chi connectivity index (χ0n) is 13.4. The van der Waals surface area contributed by atoms with E-state index in [1.165, 1.54) is 12.1 Å². The number of amides is 1. The highest BCUT2D eigenvalue weighted by molar-refractivity contribution is 7.99. The number of carbonyl (C=O) groups excluding carboxylic acids is 1. The van der Waals surface area contributed by atoms with Crippen LogP contribution in [0.3, 0.4) is 0 Å². The molecule has 0 aliphatic rings. The molecule has 8 heteroatoms. The van der Waals surface area contributed by atoms with E-state index < -0.39 is 10.0 Å². The fraction of sp³-hybridized carbons (Fsp3) is 0.235. The summed E-state index contributed by atoms with van der Waals surface area (Å²) in [4.78, 5) is 13.0. The van der Waals surface area contributed by atoms with Gasteiger partial charge in [-0.2, -0.15) is 0 Å². The van der Waals surface area contributed by atoms with Crippen molar-refractivity contribution in [2.75, 3.05) is 12.3 Å². The fourth-order valence-corrected chi connectivity index (χ4v) is 3.57. The SMILES string of the molecule is NS(=O)(=O)c1ccc(CCNC(=O)CCSc2ccc(Cl)cc2)cc1. The number of primary sulfonamides is 1. The molecule has 1 amide bonds. The molecular formula is C17H19ClN2O3S2. The molecule has 0 radical (unpaired) electrons. The van der Waals surface area contributed by atoms with Gasteiger partial charge in [-0.15, -0.1) is 11.8 Å². The molecule has 0 saturated carbocycles. The van der Waals surface area contributed by atoms with Gasteiger partial charge in [0.1, 0.15) is 0 Å². The summed E-state index contributed by atoms with van der Waals surface area (Å²) in [5, 5.41) is 8.60. The Labute approximate surface area is 157 Å². The molecule has 5 nitrogen and oxygen atoms in total. The molecule has 25 heavy (non-hydrogen) atoms. The minimum atomic E-state index is -3.67. The molecule has 2 aromatic rings. The van der Waals surface area contributed by atoms with Crippen LogP contribution in [0.5, 0.6) is 0 Å². The molecule has 0 saturated heterocycles. The van der Waals surface area contributed by atoms with Crippen LogP contribution >= 0.6 is 23.4 Å². The van der Waals surface area contributed by atoms with Crippen LogP contribution in [0.1, 0.15) is 12.0 Å². The maximum atomic E-state index is 11.8. The second-order valence-corrected chi connectivity index (χ2v) is 8.51. The van der Waals surface area contributed by atoms with Crippen LogP contribution in [0, 0.1) is 0 Å². The first kappa shape index (κ1) is 19.8. The van der Waals surface area contributed by atoms with E-state index >= 15 is 0 Å². The third kappa shape index (κ3) is 7.07. The molecule has 0 unspecified atom stereocenters. The number of carbonyl (C=O) groups is 1. The van der Waals surface area contributed by atoms with Crippen molar-refractivity contribution in [2.24, 2.45) is 5.14 Å². The van der Waals surface area contributed by atoms with E-state index in [2.05, 4.69) is 5.32 Å². The Hall–Kier alpha value is -1.54. The number of benzene rings is 2. The first-order chi connectivity index (χ1) is 11.8. The lowest BCUT2D eigenvalue weighted by molar-refractivity contribution is -0.120. The molecular weight excluding hydrogens is 380 g/mol. The number of thioether (sulfide) groups is 1. The zero-order chi connectivity index (χ0) is 18.3. The topological polar surface area (TPSA) is 89.3 Å². The molecule has 0 aromatic heterocycles. The van der Waals surface area contributed by atoms with Crippen molar-refractivity contribution >= 4 is 39.3 Å². The van der Waals surface area contributed by atoms with Crippen molar-refractivity contribution in [3.05, 3.63) is 59.1 Å². The predicted molar refractivity (Wildman–Crippen MR) is 101 cm³/mol. The highest BCUT2D eigenvalue weighted by Gasteiger charge is 2.07. The molecule has 0 atom stereocenters. The lowest BCUT2D eigenvalue weighted by Crippen LogP contribution is -2.25. The summed E-state index contributed by atoms with van der Waals surface area (Å²) in [5.74, 6) is 0.680. The quantitative estimate of drug-likeness (QED) is 0.669. The first-order valence-corrected chi connectivity index (χ1v) is 10.5. The van der Waals surface area contributed by atoms with E-state index in [4.69, 9.17) is 16.7 Å². The largest absolute Gasteiger partial charge is 0.356 e. The average Bonchev–Trinajstić information content (AvgIpc) is 2.56. The van der Waals surface area contributed by atoms with E-state index in [0.717, 1.165) is 10.5 Å². The number of hydrogen-bond donors (Lipinski definition) is 2. The van der Waals surface area contributed by atoms with Gasteiger partial charge in [-0.25, -0.2) is 13.6 Å². The highest BCUT2D eigenvalue weighted by Crippen LogP contribution is 2.20. The van der Waals surface area contributed by atoms with Crippen LogP contribution in [-0.4, -0.2) is 26.6 Å². The number of hydrogen-bond acceptors (Lipinski definition) is 4. The van der Waals surface area contributed by atoms with E-state index in [1.54, 1.807) is 23.9 Å². The van der Waals surface area contributed by atoms with E-state index in [0.29, 0.717) is 30.2 Å². The van der Waals surface area contributed by atoms with E-state index in [9.17, 15) is 13.2 Å².